The van der Waals surface area contributed by atoms with E-state index >= 15 is 0 Å². The Hall–Kier alpha value is -1.30. The number of hydrogen-bond donors (Lipinski definition) is 3. The Morgan fingerprint density at radius 2 is 1.96 bits per heavy atom. The summed E-state index contributed by atoms with van der Waals surface area (Å²) in [5.41, 5.74) is 1.59. The number of carbonyl (C=O) groups excluding carboxylic acids is 2. The number of amides is 2. The third-order valence-corrected chi connectivity index (χ3v) is 4.40. The Morgan fingerprint density at radius 1 is 1.25 bits per heavy atom. The summed E-state index contributed by atoms with van der Waals surface area (Å²) in [4.78, 5) is 23.7. The summed E-state index contributed by atoms with van der Waals surface area (Å²) in [7, 11) is 0. The summed E-state index contributed by atoms with van der Waals surface area (Å²) in [5, 5.41) is 9.17. The molecule has 1 aliphatic heterocycles. The first-order chi connectivity index (χ1) is 11.0. The maximum absolute atomic E-state index is 11.9. The van der Waals surface area contributed by atoms with Crippen molar-refractivity contribution in [2.75, 3.05) is 25.0 Å². The van der Waals surface area contributed by atoms with Gasteiger partial charge >= 0.3 is 0 Å². The molecule has 1 saturated heterocycles. The Labute approximate surface area is 154 Å². The lowest BCUT2D eigenvalue weighted by Crippen LogP contribution is -2.33. The Bertz CT molecular complexity index is 561. The number of benzene rings is 1. The van der Waals surface area contributed by atoms with Gasteiger partial charge in [-0.2, -0.15) is 0 Å². The second-order valence-corrected chi connectivity index (χ2v) is 6.45. The van der Waals surface area contributed by atoms with Crippen LogP contribution in [0.15, 0.2) is 18.2 Å². The van der Waals surface area contributed by atoms with Gasteiger partial charge in [-0.15, -0.1) is 12.4 Å². The number of piperidine rings is 1. The molecule has 5 nitrogen and oxygen atoms in total. The zero-order valence-corrected chi connectivity index (χ0v) is 15.4. The fourth-order valence-corrected chi connectivity index (χ4v) is 2.97. The molecule has 0 atom stereocenters. The van der Waals surface area contributed by atoms with Crippen LogP contribution in [-0.2, 0) is 9.59 Å². The van der Waals surface area contributed by atoms with E-state index in [-0.39, 0.29) is 30.8 Å². The molecule has 1 aromatic rings. The molecule has 1 fully saturated rings. The Morgan fingerprint density at radius 3 is 2.62 bits per heavy atom. The van der Waals surface area contributed by atoms with E-state index in [0.717, 1.165) is 37.9 Å². The highest BCUT2D eigenvalue weighted by atomic mass is 35.5. The monoisotopic (exact) mass is 373 g/mol. The number of nitrogens with one attached hydrogen (secondary N) is 3. The van der Waals surface area contributed by atoms with E-state index in [1.54, 1.807) is 12.1 Å². The third kappa shape index (κ3) is 7.07. The van der Waals surface area contributed by atoms with Gasteiger partial charge in [-0.1, -0.05) is 17.7 Å². The van der Waals surface area contributed by atoms with Crippen LogP contribution in [0, 0.1) is 12.8 Å². The zero-order valence-electron chi connectivity index (χ0n) is 13.9. The van der Waals surface area contributed by atoms with Crippen LogP contribution in [-0.4, -0.2) is 31.4 Å². The number of aryl methyl sites for hydroxylation is 1. The average Bonchev–Trinajstić information content (AvgIpc) is 2.54. The van der Waals surface area contributed by atoms with Gasteiger partial charge in [-0.3, -0.25) is 9.59 Å². The van der Waals surface area contributed by atoms with Crippen LogP contribution >= 0.6 is 24.0 Å². The van der Waals surface area contributed by atoms with Crippen molar-refractivity contribution in [3.05, 3.63) is 28.8 Å². The number of halogens is 2. The van der Waals surface area contributed by atoms with Crippen LogP contribution in [0.5, 0.6) is 0 Å². The van der Waals surface area contributed by atoms with Crippen molar-refractivity contribution >= 4 is 41.5 Å². The lowest BCUT2D eigenvalue weighted by molar-refractivity contribution is -0.124. The predicted molar refractivity (Wildman–Crippen MR) is 99.9 cm³/mol. The molecule has 1 aliphatic rings. The summed E-state index contributed by atoms with van der Waals surface area (Å²) in [6, 6.07) is 5.42. The van der Waals surface area contributed by atoms with Crippen LogP contribution in [0.2, 0.25) is 5.02 Å². The summed E-state index contributed by atoms with van der Waals surface area (Å²) in [6.07, 6.45) is 3.61. The predicted octanol–water partition coefficient (Wildman–Crippen LogP) is 2.90. The first-order valence-corrected chi connectivity index (χ1v) is 8.46. The van der Waals surface area contributed by atoms with E-state index in [1.807, 2.05) is 13.0 Å². The second-order valence-electron chi connectivity index (χ2n) is 6.04. The smallest absolute Gasteiger partial charge is 0.243 e. The molecule has 0 spiro atoms. The summed E-state index contributed by atoms with van der Waals surface area (Å²) in [5.74, 6) is 0.266. The molecule has 7 heteroatoms. The molecule has 0 radical (unpaired) electrons. The van der Waals surface area contributed by atoms with Crippen LogP contribution in [0.3, 0.4) is 0 Å². The van der Waals surface area contributed by atoms with Crippen LogP contribution in [0.25, 0.3) is 0 Å². The third-order valence-electron chi connectivity index (χ3n) is 4.08. The summed E-state index contributed by atoms with van der Waals surface area (Å²) in [6.45, 7) is 3.97. The fraction of sp³-hybridized carbons (Fsp3) is 0.529. The number of anilines is 1. The second kappa shape index (κ2) is 10.5. The lowest BCUT2D eigenvalue weighted by atomic mass is 9.93. The molecule has 0 aromatic heterocycles. The minimum absolute atomic E-state index is 0. The van der Waals surface area contributed by atoms with Crippen LogP contribution < -0.4 is 16.0 Å². The molecule has 0 bridgehead atoms. The molecule has 0 saturated carbocycles. The van der Waals surface area contributed by atoms with E-state index in [2.05, 4.69) is 16.0 Å². The van der Waals surface area contributed by atoms with E-state index in [1.165, 1.54) is 0 Å². The normalized spacial score (nSPS) is 14.6. The number of rotatable bonds is 6. The molecule has 3 N–H and O–H groups in total. The van der Waals surface area contributed by atoms with Gasteiger partial charge < -0.3 is 16.0 Å². The van der Waals surface area contributed by atoms with Gasteiger partial charge in [0.05, 0.1) is 17.3 Å². The first-order valence-electron chi connectivity index (χ1n) is 8.08. The van der Waals surface area contributed by atoms with Gasteiger partial charge in [0.25, 0.3) is 0 Å². The highest BCUT2D eigenvalue weighted by molar-refractivity contribution is 6.33. The van der Waals surface area contributed by atoms with E-state index in [4.69, 9.17) is 11.6 Å². The fourth-order valence-electron chi connectivity index (χ4n) is 2.69. The topological polar surface area (TPSA) is 70.2 Å². The largest absolute Gasteiger partial charge is 0.347 e. The summed E-state index contributed by atoms with van der Waals surface area (Å²) >= 11 is 6.06. The Kier molecular flexibility index (Phi) is 9.11. The molecule has 24 heavy (non-hydrogen) atoms. The Balaban J connectivity index is 0.00000288. The molecule has 0 unspecified atom stereocenters. The number of hydrogen-bond acceptors (Lipinski definition) is 3. The molecule has 2 rings (SSSR count). The van der Waals surface area contributed by atoms with Gasteiger partial charge in [0, 0.05) is 6.42 Å². The van der Waals surface area contributed by atoms with Crippen molar-refractivity contribution in [2.45, 2.75) is 32.6 Å². The van der Waals surface area contributed by atoms with Gasteiger partial charge in [0.2, 0.25) is 11.8 Å². The SMILES string of the molecule is Cc1ccc(NC(=O)CNC(=O)CCC2CCNCC2)c(Cl)c1.Cl. The van der Waals surface area contributed by atoms with Gasteiger partial charge in [-0.05, 0) is 62.9 Å². The van der Waals surface area contributed by atoms with Crippen molar-refractivity contribution in [3.63, 3.8) is 0 Å². The standard InChI is InChI=1S/C17H24ClN3O2.ClH/c1-12-2-4-15(14(18)10-12)21-17(23)11-20-16(22)5-3-13-6-8-19-9-7-13;/h2,4,10,13,19H,3,5-9,11H2,1H3,(H,20,22)(H,21,23);1H. The molecule has 134 valence electrons. The highest BCUT2D eigenvalue weighted by Crippen LogP contribution is 2.22. The maximum atomic E-state index is 11.9. The summed E-state index contributed by atoms with van der Waals surface area (Å²) < 4.78 is 0. The van der Waals surface area contributed by atoms with Crippen molar-refractivity contribution in [1.29, 1.82) is 0 Å². The van der Waals surface area contributed by atoms with E-state index in [0.29, 0.717) is 23.0 Å². The number of carbonyl (C=O) groups is 2. The molecular weight excluding hydrogens is 349 g/mol. The van der Waals surface area contributed by atoms with E-state index in [9.17, 15) is 9.59 Å². The first kappa shape index (κ1) is 20.7. The van der Waals surface area contributed by atoms with Gasteiger partial charge in [-0.25, -0.2) is 0 Å². The highest BCUT2D eigenvalue weighted by Gasteiger charge is 2.15. The van der Waals surface area contributed by atoms with E-state index < -0.39 is 0 Å². The average molecular weight is 374 g/mol. The maximum Gasteiger partial charge on any atom is 0.243 e. The minimum Gasteiger partial charge on any atom is -0.347 e. The quantitative estimate of drug-likeness (QED) is 0.717. The van der Waals surface area contributed by atoms with Crippen LogP contribution in [0.4, 0.5) is 5.69 Å². The molecule has 1 aromatic carbocycles. The lowest BCUT2D eigenvalue weighted by Gasteiger charge is -2.22. The zero-order chi connectivity index (χ0) is 16.7. The van der Waals surface area contributed by atoms with Gasteiger partial charge in [0.1, 0.15) is 0 Å². The molecule has 0 aliphatic carbocycles. The van der Waals surface area contributed by atoms with Crippen LogP contribution in [0.1, 0.15) is 31.2 Å². The van der Waals surface area contributed by atoms with Crippen molar-refractivity contribution in [3.8, 4) is 0 Å². The van der Waals surface area contributed by atoms with Gasteiger partial charge in [0.15, 0.2) is 0 Å². The van der Waals surface area contributed by atoms with Crippen molar-refractivity contribution < 1.29 is 9.59 Å². The molecule has 1 heterocycles. The molecular formula is C17H25Cl2N3O2. The minimum atomic E-state index is -0.272. The molecule has 2 amide bonds. The van der Waals surface area contributed by atoms with Crippen molar-refractivity contribution in [1.82, 2.24) is 10.6 Å². The van der Waals surface area contributed by atoms with Crippen molar-refractivity contribution in [2.24, 2.45) is 5.92 Å².